The van der Waals surface area contributed by atoms with Gasteiger partial charge in [0.2, 0.25) is 0 Å². The Balaban J connectivity index is 2.30. The summed E-state index contributed by atoms with van der Waals surface area (Å²) < 4.78 is 13.0. The summed E-state index contributed by atoms with van der Waals surface area (Å²) in [5, 5.41) is 9.20. The van der Waals surface area contributed by atoms with Crippen LogP contribution in [0.25, 0.3) is 0 Å². The number of benzene rings is 1. The molecule has 1 heterocycles. The molecule has 0 fully saturated rings. The summed E-state index contributed by atoms with van der Waals surface area (Å²) in [6.45, 7) is 0.119. The zero-order valence-electron chi connectivity index (χ0n) is 9.95. The van der Waals surface area contributed by atoms with Crippen molar-refractivity contribution in [2.24, 2.45) is 0 Å². The molecule has 0 saturated heterocycles. The molecule has 2 rings (SSSR count). The number of halogens is 1. The van der Waals surface area contributed by atoms with E-state index in [0.717, 1.165) is 16.7 Å². The van der Waals surface area contributed by atoms with Crippen molar-refractivity contribution in [3.8, 4) is 0 Å². The third kappa shape index (κ3) is 2.98. The first kappa shape index (κ1) is 12.8. The minimum atomic E-state index is -1.18. The monoisotopic (exact) mass is 261 g/mol. The van der Waals surface area contributed by atoms with Gasteiger partial charge in [0.25, 0.3) is 0 Å². The van der Waals surface area contributed by atoms with E-state index in [1.54, 1.807) is 12.1 Å². The van der Waals surface area contributed by atoms with Crippen LogP contribution >= 0.6 is 0 Å². The predicted molar refractivity (Wildman–Crippen MR) is 69.3 cm³/mol. The fraction of sp³-hybridized carbons (Fsp3) is 0.0769. The van der Waals surface area contributed by atoms with Crippen LogP contribution in [0.4, 0.5) is 20.7 Å². The van der Waals surface area contributed by atoms with Crippen LogP contribution in [0.15, 0.2) is 42.6 Å². The van der Waals surface area contributed by atoms with E-state index in [1.165, 1.54) is 6.07 Å². The number of hydrogen-bond acceptors (Lipinski definition) is 3. The van der Waals surface area contributed by atoms with Crippen molar-refractivity contribution in [3.05, 3.63) is 54.0 Å². The highest BCUT2D eigenvalue weighted by Gasteiger charge is 2.17. The lowest BCUT2D eigenvalue weighted by Gasteiger charge is -2.18. The summed E-state index contributed by atoms with van der Waals surface area (Å²) in [6, 6.07) is 10.2. The molecule has 5 nitrogen and oxygen atoms in total. The van der Waals surface area contributed by atoms with Crippen LogP contribution in [0, 0.1) is 5.82 Å². The number of aromatic nitrogens is 1. The lowest BCUT2D eigenvalue weighted by Crippen LogP contribution is -2.29. The first-order valence-electron chi connectivity index (χ1n) is 5.53. The molecule has 6 heteroatoms. The summed E-state index contributed by atoms with van der Waals surface area (Å²) in [7, 11) is 0. The lowest BCUT2D eigenvalue weighted by atomic mass is 10.2. The molecule has 0 bridgehead atoms. The van der Waals surface area contributed by atoms with Crippen molar-refractivity contribution in [2.45, 2.75) is 6.54 Å². The Kier molecular flexibility index (Phi) is 3.61. The molecule has 0 unspecified atom stereocenters. The van der Waals surface area contributed by atoms with Gasteiger partial charge in [0.05, 0.1) is 18.4 Å². The Bertz CT molecular complexity index is 590. The normalized spacial score (nSPS) is 10.2. The number of hydrogen-bond donors (Lipinski definition) is 2. The maximum atomic E-state index is 13.0. The molecule has 0 spiro atoms. The van der Waals surface area contributed by atoms with Gasteiger partial charge in [-0.05, 0) is 5.56 Å². The van der Waals surface area contributed by atoms with Crippen molar-refractivity contribution in [3.63, 3.8) is 0 Å². The Morgan fingerprint density at radius 1 is 1.37 bits per heavy atom. The Labute approximate surface area is 109 Å². The van der Waals surface area contributed by atoms with Gasteiger partial charge in [0.1, 0.15) is 5.82 Å². The van der Waals surface area contributed by atoms with Gasteiger partial charge in [-0.1, -0.05) is 30.3 Å². The summed E-state index contributed by atoms with van der Waals surface area (Å²) >= 11 is 0. The number of amides is 1. The van der Waals surface area contributed by atoms with E-state index in [2.05, 4.69) is 4.98 Å². The molecule has 19 heavy (non-hydrogen) atoms. The van der Waals surface area contributed by atoms with Crippen LogP contribution in [0.3, 0.4) is 0 Å². The number of rotatable bonds is 3. The van der Waals surface area contributed by atoms with Crippen molar-refractivity contribution < 1.29 is 14.3 Å². The van der Waals surface area contributed by atoms with Gasteiger partial charge >= 0.3 is 6.09 Å². The molecule has 0 saturated carbocycles. The number of carboxylic acid groups (broad SMARTS) is 1. The Hall–Kier alpha value is -2.63. The van der Waals surface area contributed by atoms with Crippen LogP contribution < -0.4 is 10.6 Å². The van der Waals surface area contributed by atoms with E-state index >= 15 is 0 Å². The zero-order valence-corrected chi connectivity index (χ0v) is 9.95. The molecule has 1 amide bonds. The molecule has 0 aliphatic carbocycles. The van der Waals surface area contributed by atoms with Gasteiger partial charge in [-0.2, -0.15) is 0 Å². The zero-order chi connectivity index (χ0) is 13.8. The second-order valence-electron chi connectivity index (χ2n) is 3.92. The molecule has 98 valence electrons. The van der Waals surface area contributed by atoms with E-state index in [0.29, 0.717) is 0 Å². The fourth-order valence-electron chi connectivity index (χ4n) is 1.60. The SMILES string of the molecule is Nc1cc(N(Cc2ccccc2)C(=O)O)ncc1F. The van der Waals surface area contributed by atoms with Crippen molar-refractivity contribution >= 4 is 17.6 Å². The van der Waals surface area contributed by atoms with Gasteiger partial charge in [-0.25, -0.2) is 14.2 Å². The lowest BCUT2D eigenvalue weighted by molar-refractivity contribution is 0.201. The number of anilines is 2. The molecule has 2 aromatic rings. The summed E-state index contributed by atoms with van der Waals surface area (Å²) in [5.41, 5.74) is 6.08. The quantitative estimate of drug-likeness (QED) is 0.889. The average Bonchev–Trinajstić information content (AvgIpc) is 2.40. The molecule has 0 aliphatic heterocycles. The highest BCUT2D eigenvalue weighted by atomic mass is 19.1. The third-order valence-electron chi connectivity index (χ3n) is 2.56. The number of nitrogen functional groups attached to an aromatic ring is 1. The largest absolute Gasteiger partial charge is 0.465 e. The first-order valence-corrected chi connectivity index (χ1v) is 5.53. The topological polar surface area (TPSA) is 79.5 Å². The van der Waals surface area contributed by atoms with Gasteiger partial charge in [0, 0.05) is 6.07 Å². The molecular formula is C13H12FN3O2. The first-order chi connectivity index (χ1) is 9.08. The van der Waals surface area contributed by atoms with Crippen molar-refractivity contribution in [1.29, 1.82) is 0 Å². The summed E-state index contributed by atoms with van der Waals surface area (Å²) in [6.07, 6.45) is -0.270. The highest BCUT2D eigenvalue weighted by Crippen LogP contribution is 2.19. The number of nitrogens with zero attached hydrogens (tertiary/aromatic N) is 2. The fourth-order valence-corrected chi connectivity index (χ4v) is 1.60. The summed E-state index contributed by atoms with van der Waals surface area (Å²) in [5.74, 6) is -0.580. The smallest absolute Gasteiger partial charge is 0.413 e. The van der Waals surface area contributed by atoms with Crippen LogP contribution in [-0.4, -0.2) is 16.2 Å². The van der Waals surface area contributed by atoms with Gasteiger partial charge in [-0.3, -0.25) is 4.90 Å². The summed E-state index contributed by atoms with van der Waals surface area (Å²) in [4.78, 5) is 16.0. The van der Waals surface area contributed by atoms with Crippen LogP contribution in [0.5, 0.6) is 0 Å². The van der Waals surface area contributed by atoms with Crippen LogP contribution in [0.1, 0.15) is 5.56 Å². The van der Waals surface area contributed by atoms with Crippen molar-refractivity contribution in [1.82, 2.24) is 4.98 Å². The molecule has 0 radical (unpaired) electrons. The van der Waals surface area contributed by atoms with E-state index in [1.807, 2.05) is 18.2 Å². The minimum Gasteiger partial charge on any atom is -0.465 e. The maximum Gasteiger partial charge on any atom is 0.413 e. The molecule has 1 aromatic heterocycles. The number of nitrogens with two attached hydrogens (primary N) is 1. The Morgan fingerprint density at radius 2 is 2.05 bits per heavy atom. The second kappa shape index (κ2) is 5.34. The number of pyridine rings is 1. The van der Waals surface area contributed by atoms with Gasteiger partial charge in [-0.15, -0.1) is 0 Å². The maximum absolute atomic E-state index is 13.0. The highest BCUT2D eigenvalue weighted by molar-refractivity contribution is 5.85. The van der Waals surface area contributed by atoms with E-state index < -0.39 is 11.9 Å². The molecule has 1 aromatic carbocycles. The van der Waals surface area contributed by atoms with Gasteiger partial charge < -0.3 is 10.8 Å². The molecular weight excluding hydrogens is 249 g/mol. The molecule has 0 aliphatic rings. The third-order valence-corrected chi connectivity index (χ3v) is 2.56. The van der Waals surface area contributed by atoms with Crippen LogP contribution in [0.2, 0.25) is 0 Å². The average molecular weight is 261 g/mol. The minimum absolute atomic E-state index is 0.0928. The van der Waals surface area contributed by atoms with Crippen LogP contribution in [-0.2, 0) is 6.54 Å². The van der Waals surface area contributed by atoms with E-state index in [4.69, 9.17) is 5.73 Å². The Morgan fingerprint density at radius 3 is 2.63 bits per heavy atom. The number of carbonyl (C=O) groups is 1. The van der Waals surface area contributed by atoms with E-state index in [-0.39, 0.29) is 18.1 Å². The molecule has 3 N–H and O–H groups in total. The molecule has 0 atom stereocenters. The second-order valence-corrected chi connectivity index (χ2v) is 3.92. The van der Waals surface area contributed by atoms with E-state index in [9.17, 15) is 14.3 Å². The predicted octanol–water partition coefficient (Wildman–Crippen LogP) is 2.49. The van der Waals surface area contributed by atoms with Crippen molar-refractivity contribution in [2.75, 3.05) is 10.6 Å². The van der Waals surface area contributed by atoms with Gasteiger partial charge in [0.15, 0.2) is 5.82 Å². The standard InChI is InChI=1S/C13H12FN3O2/c14-10-7-16-12(6-11(10)15)17(13(18)19)8-9-4-2-1-3-5-9/h1-7H,8H2,(H2,15,16)(H,18,19).